The summed E-state index contributed by atoms with van der Waals surface area (Å²) in [5, 5.41) is 0. The van der Waals surface area contributed by atoms with Crippen LogP contribution >= 0.6 is 0 Å². The molecule has 0 aromatic rings. The van der Waals surface area contributed by atoms with Crippen molar-refractivity contribution in [3.63, 3.8) is 0 Å². The number of allylic oxidation sites excluding steroid dienone is 3. The highest BCUT2D eigenvalue weighted by Gasteiger charge is 1.86. The number of rotatable bonds is 6. The van der Waals surface area contributed by atoms with Crippen molar-refractivity contribution in [3.8, 4) is 0 Å². The van der Waals surface area contributed by atoms with E-state index in [-0.39, 0.29) is 0 Å². The third-order valence-corrected chi connectivity index (χ3v) is 1.55. The monoisotopic (exact) mass is 185 g/mol. The summed E-state index contributed by atoms with van der Waals surface area (Å²) in [6, 6.07) is 0. The van der Waals surface area contributed by atoms with Gasteiger partial charge < -0.3 is 4.74 Å². The fourth-order valence-corrected chi connectivity index (χ4v) is 0.855. The Kier molecular flexibility index (Phi) is 5.12. The smallest absolute Gasteiger partial charge is 0.330 e. The molecular weight excluding hydrogens is 164 g/mol. The third-order valence-electron chi connectivity index (χ3n) is 1.55. The van der Waals surface area contributed by atoms with E-state index in [2.05, 4.69) is 11.7 Å². The van der Waals surface area contributed by atoms with Gasteiger partial charge in [-0.25, -0.2) is 4.79 Å². The van der Waals surface area contributed by atoms with Crippen molar-refractivity contribution < 1.29 is 13.6 Å². The zero-order chi connectivity index (χ0) is 12.4. The van der Waals surface area contributed by atoms with Crippen LogP contribution in [0.4, 0.5) is 0 Å². The Morgan fingerprint density at radius 1 is 1.46 bits per heavy atom. The largest absolute Gasteiger partial charge is 0.466 e. The summed E-state index contributed by atoms with van der Waals surface area (Å²) < 4.78 is 24.2. The van der Waals surface area contributed by atoms with Gasteiger partial charge in [-0.05, 0) is 12.8 Å². The van der Waals surface area contributed by atoms with Gasteiger partial charge in [0.2, 0.25) is 0 Å². The summed E-state index contributed by atoms with van der Waals surface area (Å²) in [5.74, 6) is -0.849. The normalized spacial score (nSPS) is 15.6. The molecule has 0 bridgehead atoms. The molecule has 0 rings (SSSR count). The molecule has 2 heteroatoms. The van der Waals surface area contributed by atoms with Gasteiger partial charge in [-0.1, -0.05) is 38.0 Å². The van der Waals surface area contributed by atoms with Crippen molar-refractivity contribution in [3.05, 3.63) is 24.3 Å². The number of unbranched alkanes of at least 4 members (excludes halogenated alkanes) is 3. The summed E-state index contributed by atoms with van der Waals surface area (Å²) in [5.41, 5.74) is 0. The molecule has 0 spiro atoms. The van der Waals surface area contributed by atoms with E-state index in [9.17, 15) is 4.79 Å². The summed E-state index contributed by atoms with van der Waals surface area (Å²) >= 11 is 0. The van der Waals surface area contributed by atoms with E-state index in [1.54, 1.807) is 6.08 Å². The predicted octanol–water partition coefficient (Wildman–Crippen LogP) is 2.85. The molecule has 0 aromatic heterocycles. The second-order valence-corrected chi connectivity index (χ2v) is 2.70. The lowest BCUT2D eigenvalue weighted by Crippen LogP contribution is -1.92. The first-order chi connectivity index (χ1) is 7.45. The highest BCUT2D eigenvalue weighted by atomic mass is 16.5. The molecule has 0 aromatic carbocycles. The molecule has 0 aliphatic carbocycles. The summed E-state index contributed by atoms with van der Waals surface area (Å²) in [4.78, 5) is 10.9. The van der Waals surface area contributed by atoms with E-state index in [4.69, 9.17) is 4.11 Å². The predicted molar refractivity (Wildman–Crippen MR) is 54.4 cm³/mol. The van der Waals surface area contributed by atoms with Crippen LogP contribution in [0.5, 0.6) is 0 Å². The first-order valence-electron chi connectivity index (χ1n) is 6.02. The molecule has 13 heavy (non-hydrogen) atoms. The van der Waals surface area contributed by atoms with Gasteiger partial charge in [0.25, 0.3) is 0 Å². The van der Waals surface area contributed by atoms with Crippen LogP contribution in [0.1, 0.15) is 36.7 Å². The van der Waals surface area contributed by atoms with Gasteiger partial charge >= 0.3 is 5.97 Å². The number of carbonyl (C=O) groups excluding carboxylic acids is 1. The highest BCUT2D eigenvalue weighted by molar-refractivity contribution is 5.82. The summed E-state index contributed by atoms with van der Waals surface area (Å²) in [6.07, 6.45) is 10.7. The molecule has 0 atom stereocenters. The second kappa shape index (κ2) is 9.04. The zero-order valence-electron chi connectivity index (χ0n) is 11.0. The standard InChI is InChI=1S/C11H18O2/c1-3-4-5-6-7-8-9-10-11(12)13-2/h7-10H,3-6H2,1-2H3/b8-7+,10-9+/i2D3. The lowest BCUT2D eigenvalue weighted by atomic mass is 10.2. The van der Waals surface area contributed by atoms with Gasteiger partial charge in [-0.15, -0.1) is 0 Å². The number of hydrogen-bond donors (Lipinski definition) is 0. The lowest BCUT2D eigenvalue weighted by Gasteiger charge is -1.90. The molecule has 0 heterocycles. The van der Waals surface area contributed by atoms with Gasteiger partial charge in [0, 0.05) is 6.08 Å². The maximum absolute atomic E-state index is 10.9. The van der Waals surface area contributed by atoms with Crippen LogP contribution in [0.3, 0.4) is 0 Å². The van der Waals surface area contributed by atoms with Gasteiger partial charge in [0.15, 0.2) is 0 Å². The molecule has 0 fully saturated rings. The van der Waals surface area contributed by atoms with E-state index >= 15 is 0 Å². The summed E-state index contributed by atoms with van der Waals surface area (Å²) in [6.45, 7) is 2.13. The fraction of sp³-hybridized carbons (Fsp3) is 0.545. The molecule has 74 valence electrons. The third kappa shape index (κ3) is 8.86. The molecule has 0 unspecified atom stereocenters. The van der Waals surface area contributed by atoms with Crippen LogP contribution in [0.15, 0.2) is 24.3 Å². The number of hydrogen-bond acceptors (Lipinski definition) is 2. The van der Waals surface area contributed by atoms with Crippen molar-refractivity contribution in [1.29, 1.82) is 0 Å². The Morgan fingerprint density at radius 3 is 3.00 bits per heavy atom. The Labute approximate surface area is 84.5 Å². The number of esters is 1. The van der Waals surface area contributed by atoms with Gasteiger partial charge in [0.05, 0.1) is 11.2 Å². The van der Waals surface area contributed by atoms with E-state index in [1.807, 2.05) is 6.08 Å². The maximum atomic E-state index is 10.9. The maximum Gasteiger partial charge on any atom is 0.330 e. The van der Waals surface area contributed by atoms with Gasteiger partial charge in [-0.3, -0.25) is 0 Å². The molecular formula is C11H18O2. The Bertz CT molecular complexity index is 254. The van der Waals surface area contributed by atoms with Crippen LogP contribution in [-0.4, -0.2) is 13.0 Å². The number of methoxy groups -OCH3 is 1. The topological polar surface area (TPSA) is 26.3 Å². The second-order valence-electron chi connectivity index (χ2n) is 2.70. The van der Waals surface area contributed by atoms with Crippen molar-refractivity contribution in [1.82, 2.24) is 0 Å². The highest BCUT2D eigenvalue weighted by Crippen LogP contribution is 1.99. The van der Waals surface area contributed by atoms with Crippen LogP contribution in [0.25, 0.3) is 0 Å². The molecule has 0 amide bonds. The van der Waals surface area contributed by atoms with E-state index in [0.29, 0.717) is 0 Å². The minimum atomic E-state index is -2.66. The molecule has 0 saturated heterocycles. The Hall–Kier alpha value is -1.05. The number of ether oxygens (including phenoxy) is 1. The molecule has 0 aliphatic heterocycles. The minimum Gasteiger partial charge on any atom is -0.466 e. The van der Waals surface area contributed by atoms with Gasteiger partial charge in [0.1, 0.15) is 0 Å². The van der Waals surface area contributed by atoms with E-state index in [1.165, 1.54) is 18.9 Å². The van der Waals surface area contributed by atoms with Gasteiger partial charge in [-0.2, -0.15) is 0 Å². The molecule has 2 nitrogen and oxygen atoms in total. The SMILES string of the molecule is [2H]C([2H])([2H])OC(=O)/C=C/C=C/CCCCC. The summed E-state index contributed by atoms with van der Waals surface area (Å²) in [7, 11) is -2.66. The van der Waals surface area contributed by atoms with Crippen LogP contribution in [-0.2, 0) is 9.53 Å². The Balaban J connectivity index is 3.71. The lowest BCUT2D eigenvalue weighted by molar-refractivity contribution is -0.134. The van der Waals surface area contributed by atoms with E-state index in [0.717, 1.165) is 18.9 Å². The van der Waals surface area contributed by atoms with Crippen LogP contribution < -0.4 is 0 Å². The van der Waals surface area contributed by atoms with Crippen molar-refractivity contribution in [2.24, 2.45) is 0 Å². The Morgan fingerprint density at radius 2 is 2.31 bits per heavy atom. The molecule has 0 radical (unpaired) electrons. The van der Waals surface area contributed by atoms with E-state index < -0.39 is 13.0 Å². The first-order valence-corrected chi connectivity index (χ1v) is 4.52. The molecule has 0 saturated carbocycles. The molecule has 0 N–H and O–H groups in total. The van der Waals surface area contributed by atoms with Crippen LogP contribution in [0, 0.1) is 0 Å². The average molecular weight is 185 g/mol. The molecule has 0 aliphatic rings. The van der Waals surface area contributed by atoms with Crippen molar-refractivity contribution in [2.75, 3.05) is 7.04 Å². The van der Waals surface area contributed by atoms with Crippen molar-refractivity contribution in [2.45, 2.75) is 32.6 Å². The van der Waals surface area contributed by atoms with Crippen LogP contribution in [0.2, 0.25) is 0 Å². The quantitative estimate of drug-likeness (QED) is 0.275. The zero-order valence-corrected chi connectivity index (χ0v) is 7.95. The van der Waals surface area contributed by atoms with Crippen molar-refractivity contribution >= 4 is 5.97 Å². The first kappa shape index (κ1) is 7.36. The minimum absolute atomic E-state index is 0.849. The number of carbonyl (C=O) groups is 1. The average Bonchev–Trinajstić information content (AvgIpc) is 2.13. The fourth-order valence-electron chi connectivity index (χ4n) is 0.855.